The van der Waals surface area contributed by atoms with Crippen LogP contribution in [0.15, 0.2) is 0 Å². The van der Waals surface area contributed by atoms with Crippen molar-refractivity contribution >= 4 is 0 Å². The van der Waals surface area contributed by atoms with Crippen LogP contribution in [0.2, 0.25) is 0 Å². The molecule has 1 fully saturated rings. The van der Waals surface area contributed by atoms with Crippen LogP contribution < -0.4 is 5.32 Å². The molecule has 90 valence electrons. The summed E-state index contributed by atoms with van der Waals surface area (Å²) in [7, 11) is 0. The number of hydrogen-bond donors (Lipinski definition) is 1. The zero-order valence-electron chi connectivity index (χ0n) is 10.0. The highest BCUT2D eigenvalue weighted by Gasteiger charge is 2.43. The molecule has 0 radical (unpaired) electrons. The molecule has 4 nitrogen and oxygen atoms in total. The monoisotopic (exact) mass is 217 g/mol. The van der Waals surface area contributed by atoms with E-state index in [1.165, 1.54) is 0 Å². The van der Waals surface area contributed by atoms with Crippen molar-refractivity contribution in [2.24, 2.45) is 0 Å². The Balaban J connectivity index is 2.68. The van der Waals surface area contributed by atoms with Crippen LogP contribution in [0.5, 0.6) is 0 Å². The third-order valence-corrected chi connectivity index (χ3v) is 2.62. The maximum atomic E-state index is 5.79. The number of rotatable bonds is 6. The summed E-state index contributed by atoms with van der Waals surface area (Å²) in [5, 5.41) is 3.31. The zero-order chi connectivity index (χ0) is 11.1. The summed E-state index contributed by atoms with van der Waals surface area (Å²) < 4.78 is 17.3. The average molecular weight is 217 g/mol. The van der Waals surface area contributed by atoms with Crippen LogP contribution in [0, 0.1) is 0 Å². The molecule has 0 aromatic rings. The van der Waals surface area contributed by atoms with Gasteiger partial charge in [0.15, 0.2) is 5.79 Å². The molecule has 1 unspecified atom stereocenters. The molecule has 0 aliphatic carbocycles. The standard InChI is InChI=1S/C11H23NO3/c1-4-13-10-9-12-8-7-11(10,14-5-2)15-6-3/h10,12H,4-9H2,1-3H3. The minimum atomic E-state index is -0.537. The highest BCUT2D eigenvalue weighted by molar-refractivity contribution is 4.88. The van der Waals surface area contributed by atoms with E-state index in [0.717, 1.165) is 19.5 Å². The Hall–Kier alpha value is -0.160. The highest BCUT2D eigenvalue weighted by Crippen LogP contribution is 2.27. The number of piperidine rings is 1. The average Bonchev–Trinajstić information content (AvgIpc) is 2.23. The van der Waals surface area contributed by atoms with Crippen molar-refractivity contribution in [2.75, 3.05) is 32.9 Å². The molecule has 1 rings (SSSR count). The molecular weight excluding hydrogens is 194 g/mol. The Morgan fingerprint density at radius 3 is 2.33 bits per heavy atom. The van der Waals surface area contributed by atoms with Crippen molar-refractivity contribution in [3.8, 4) is 0 Å². The van der Waals surface area contributed by atoms with Crippen LogP contribution >= 0.6 is 0 Å². The normalized spacial score (nSPS) is 25.4. The van der Waals surface area contributed by atoms with E-state index in [-0.39, 0.29) is 6.10 Å². The van der Waals surface area contributed by atoms with Crippen molar-refractivity contribution in [2.45, 2.75) is 39.1 Å². The van der Waals surface area contributed by atoms with Crippen LogP contribution in [0.3, 0.4) is 0 Å². The summed E-state index contributed by atoms with van der Waals surface area (Å²) in [6, 6.07) is 0. The van der Waals surface area contributed by atoms with Gasteiger partial charge in [-0.25, -0.2) is 0 Å². The van der Waals surface area contributed by atoms with Crippen molar-refractivity contribution in [1.29, 1.82) is 0 Å². The lowest BCUT2D eigenvalue weighted by molar-refractivity contribution is -0.296. The SMILES string of the molecule is CCOC1CNCCC1(OCC)OCC. The van der Waals surface area contributed by atoms with Gasteiger partial charge in [-0.1, -0.05) is 0 Å². The largest absolute Gasteiger partial charge is 0.372 e. The molecule has 0 saturated carbocycles. The minimum Gasteiger partial charge on any atom is -0.372 e. The topological polar surface area (TPSA) is 39.7 Å². The predicted molar refractivity (Wildman–Crippen MR) is 58.9 cm³/mol. The van der Waals surface area contributed by atoms with E-state index in [9.17, 15) is 0 Å². The van der Waals surface area contributed by atoms with Crippen LogP contribution in [-0.4, -0.2) is 44.8 Å². The van der Waals surface area contributed by atoms with Crippen LogP contribution in [-0.2, 0) is 14.2 Å². The van der Waals surface area contributed by atoms with Crippen molar-refractivity contribution in [1.82, 2.24) is 5.32 Å². The van der Waals surface area contributed by atoms with Gasteiger partial charge in [0, 0.05) is 39.3 Å². The maximum absolute atomic E-state index is 5.79. The number of nitrogens with one attached hydrogen (secondary N) is 1. The molecule has 1 atom stereocenters. The fraction of sp³-hybridized carbons (Fsp3) is 1.00. The van der Waals surface area contributed by atoms with Gasteiger partial charge in [0.1, 0.15) is 6.10 Å². The molecule has 0 aromatic heterocycles. The van der Waals surface area contributed by atoms with Crippen LogP contribution in [0.1, 0.15) is 27.2 Å². The molecule has 0 bridgehead atoms. The second-order valence-electron chi connectivity index (χ2n) is 3.58. The molecular formula is C11H23NO3. The van der Waals surface area contributed by atoms with Gasteiger partial charge in [-0.2, -0.15) is 0 Å². The van der Waals surface area contributed by atoms with Crippen molar-refractivity contribution in [3.05, 3.63) is 0 Å². The summed E-state index contributed by atoms with van der Waals surface area (Å²) in [5.74, 6) is -0.537. The summed E-state index contributed by atoms with van der Waals surface area (Å²) in [5.41, 5.74) is 0. The highest BCUT2D eigenvalue weighted by atomic mass is 16.7. The first-order valence-electron chi connectivity index (χ1n) is 5.89. The number of hydrogen-bond acceptors (Lipinski definition) is 4. The lowest BCUT2D eigenvalue weighted by Gasteiger charge is -2.42. The first-order chi connectivity index (χ1) is 7.29. The summed E-state index contributed by atoms with van der Waals surface area (Å²) >= 11 is 0. The van der Waals surface area contributed by atoms with Gasteiger partial charge in [0.25, 0.3) is 0 Å². The van der Waals surface area contributed by atoms with Crippen LogP contribution in [0.25, 0.3) is 0 Å². The third kappa shape index (κ3) is 3.14. The summed E-state index contributed by atoms with van der Waals surface area (Å²) in [6.07, 6.45) is 0.843. The molecule has 1 aliphatic heterocycles. The van der Waals surface area contributed by atoms with E-state index in [1.54, 1.807) is 0 Å². The Morgan fingerprint density at radius 1 is 1.13 bits per heavy atom. The van der Waals surface area contributed by atoms with E-state index >= 15 is 0 Å². The molecule has 0 aromatic carbocycles. The van der Waals surface area contributed by atoms with Gasteiger partial charge < -0.3 is 19.5 Å². The van der Waals surface area contributed by atoms with E-state index in [0.29, 0.717) is 19.8 Å². The Kier molecular flexibility index (Phi) is 5.53. The minimum absolute atomic E-state index is 0.00356. The number of ether oxygens (including phenoxy) is 3. The molecule has 1 heterocycles. The van der Waals surface area contributed by atoms with E-state index in [4.69, 9.17) is 14.2 Å². The van der Waals surface area contributed by atoms with E-state index < -0.39 is 5.79 Å². The molecule has 1 saturated heterocycles. The quantitative estimate of drug-likeness (QED) is 0.678. The van der Waals surface area contributed by atoms with Crippen molar-refractivity contribution in [3.63, 3.8) is 0 Å². The van der Waals surface area contributed by atoms with E-state index in [2.05, 4.69) is 5.32 Å². The molecule has 0 spiro atoms. The fourth-order valence-corrected chi connectivity index (χ4v) is 2.06. The van der Waals surface area contributed by atoms with Gasteiger partial charge >= 0.3 is 0 Å². The lowest BCUT2D eigenvalue weighted by atomic mass is 10.0. The molecule has 4 heteroatoms. The molecule has 15 heavy (non-hydrogen) atoms. The van der Waals surface area contributed by atoms with Crippen molar-refractivity contribution < 1.29 is 14.2 Å². The molecule has 1 aliphatic rings. The van der Waals surface area contributed by atoms with E-state index in [1.807, 2.05) is 20.8 Å². The van der Waals surface area contributed by atoms with Gasteiger partial charge in [-0.05, 0) is 20.8 Å². The second kappa shape index (κ2) is 6.43. The maximum Gasteiger partial charge on any atom is 0.197 e. The van der Waals surface area contributed by atoms with Crippen LogP contribution in [0.4, 0.5) is 0 Å². The Labute approximate surface area is 92.3 Å². The predicted octanol–water partition coefficient (Wildman–Crippen LogP) is 1.15. The van der Waals surface area contributed by atoms with Gasteiger partial charge in [0.2, 0.25) is 0 Å². The first kappa shape index (κ1) is 12.9. The Morgan fingerprint density at radius 2 is 1.80 bits per heavy atom. The van der Waals surface area contributed by atoms with Gasteiger partial charge in [-0.3, -0.25) is 0 Å². The van der Waals surface area contributed by atoms with Gasteiger partial charge in [-0.15, -0.1) is 0 Å². The first-order valence-corrected chi connectivity index (χ1v) is 5.89. The zero-order valence-corrected chi connectivity index (χ0v) is 10.0. The molecule has 1 N–H and O–H groups in total. The lowest BCUT2D eigenvalue weighted by Crippen LogP contribution is -2.58. The van der Waals surface area contributed by atoms with Gasteiger partial charge in [0.05, 0.1) is 0 Å². The second-order valence-corrected chi connectivity index (χ2v) is 3.58. The summed E-state index contributed by atoms with van der Waals surface area (Å²) in [6.45, 7) is 9.70. The smallest absolute Gasteiger partial charge is 0.197 e. The third-order valence-electron chi connectivity index (χ3n) is 2.62. The fourth-order valence-electron chi connectivity index (χ4n) is 2.06. The molecule has 0 amide bonds. The summed E-state index contributed by atoms with van der Waals surface area (Å²) in [4.78, 5) is 0. The Bertz CT molecular complexity index is 162.